The predicted octanol–water partition coefficient (Wildman–Crippen LogP) is 1.75. The van der Waals surface area contributed by atoms with Crippen molar-refractivity contribution >= 4 is 28.5 Å². The van der Waals surface area contributed by atoms with Crippen LogP contribution in [0.4, 0.5) is 0 Å². The monoisotopic (exact) mass is 274 g/mol. The second-order valence-corrected chi connectivity index (χ2v) is 3.02. The lowest BCUT2D eigenvalue weighted by atomic mass is 10.2. The molecule has 1 aromatic rings. The molecule has 0 aliphatic heterocycles. The van der Waals surface area contributed by atoms with Crippen molar-refractivity contribution in [2.45, 2.75) is 0 Å². The van der Waals surface area contributed by atoms with Gasteiger partial charge in [0.2, 0.25) is 5.91 Å². The summed E-state index contributed by atoms with van der Waals surface area (Å²) in [5.74, 6) is 0.0273. The number of benzene rings is 1. The summed E-state index contributed by atoms with van der Waals surface area (Å²) < 4.78 is 0.487. The Balaban J connectivity index is 2.38. The van der Waals surface area contributed by atoms with Crippen molar-refractivity contribution in [3.63, 3.8) is 0 Å². The number of amides is 1. The van der Waals surface area contributed by atoms with Gasteiger partial charge in [-0.1, -0.05) is 52.9 Å². The van der Waals surface area contributed by atoms with E-state index in [1.807, 2.05) is 52.9 Å². The molecule has 0 aromatic heterocycles. The second kappa shape index (κ2) is 5.13. The first-order valence-electron chi connectivity index (χ1n) is 3.56. The maximum absolute atomic E-state index is 10.8. The highest BCUT2D eigenvalue weighted by Crippen LogP contribution is 1.98. The van der Waals surface area contributed by atoms with Crippen molar-refractivity contribution in [3.05, 3.63) is 42.4 Å². The summed E-state index contributed by atoms with van der Waals surface area (Å²) in [6, 6.07) is 9.68. The fourth-order valence-electron chi connectivity index (χ4n) is 0.752. The van der Waals surface area contributed by atoms with Crippen LogP contribution in [0.15, 0.2) is 30.3 Å². The van der Waals surface area contributed by atoms with Gasteiger partial charge in [-0.15, -0.1) is 0 Å². The lowest BCUT2D eigenvalue weighted by Crippen LogP contribution is -2.21. The maximum atomic E-state index is 10.8. The minimum Gasteiger partial charge on any atom is -0.346 e. The molecule has 0 saturated carbocycles. The fourth-order valence-corrected chi connectivity index (χ4v) is 0.972. The Hall–Kier alpha value is -0.580. The average molecular weight is 274 g/mol. The summed E-state index contributed by atoms with van der Waals surface area (Å²) in [4.78, 5) is 10.8. The summed E-state index contributed by atoms with van der Waals surface area (Å²) in [5.41, 5.74) is 1.01. The Kier molecular flexibility index (Phi) is 4.07. The summed E-state index contributed by atoms with van der Waals surface area (Å²) in [6.45, 7) is 1.71. The molecule has 63 valence electrons. The number of hydrogen-bond donors (Lipinski definition) is 1. The highest BCUT2D eigenvalue weighted by Gasteiger charge is 1.96. The van der Waals surface area contributed by atoms with E-state index in [-0.39, 0.29) is 5.91 Å². The van der Waals surface area contributed by atoms with Crippen LogP contribution in [0.3, 0.4) is 0 Å². The molecule has 0 aliphatic carbocycles. The number of alkyl halides is 1. The normalized spacial score (nSPS) is 9.42. The molecule has 1 radical (unpaired) electrons. The molecule has 0 aliphatic rings. The first-order valence-corrected chi connectivity index (χ1v) is 5.09. The third-order valence-electron chi connectivity index (χ3n) is 1.32. The molecule has 0 fully saturated rings. The highest BCUT2D eigenvalue weighted by molar-refractivity contribution is 14.1. The molecule has 0 bridgehead atoms. The van der Waals surface area contributed by atoms with Crippen LogP contribution in [0, 0.1) is 6.54 Å². The highest BCUT2D eigenvalue weighted by atomic mass is 127. The standard InChI is InChI=1S/C9H9INO/c10-6-9(12)11-7-8-4-2-1-3-5-8/h1-5,7H,6H2,(H,11,12). The van der Waals surface area contributed by atoms with Crippen LogP contribution in [0.2, 0.25) is 0 Å². The predicted molar refractivity (Wildman–Crippen MR) is 56.9 cm³/mol. The van der Waals surface area contributed by atoms with E-state index in [1.165, 1.54) is 0 Å². The van der Waals surface area contributed by atoms with Gasteiger partial charge in [0.05, 0.1) is 11.0 Å². The van der Waals surface area contributed by atoms with E-state index < -0.39 is 0 Å². The van der Waals surface area contributed by atoms with Crippen molar-refractivity contribution in [1.29, 1.82) is 0 Å². The molecule has 0 unspecified atom stereocenters. The van der Waals surface area contributed by atoms with E-state index in [0.29, 0.717) is 4.43 Å². The van der Waals surface area contributed by atoms with E-state index in [0.717, 1.165) is 5.56 Å². The van der Waals surface area contributed by atoms with Crippen LogP contribution < -0.4 is 5.32 Å². The van der Waals surface area contributed by atoms with E-state index in [1.54, 1.807) is 6.54 Å². The molecule has 1 rings (SSSR count). The van der Waals surface area contributed by atoms with Gasteiger partial charge < -0.3 is 5.32 Å². The van der Waals surface area contributed by atoms with Crippen LogP contribution in [-0.4, -0.2) is 10.3 Å². The third-order valence-corrected chi connectivity index (χ3v) is 2.01. The van der Waals surface area contributed by atoms with Gasteiger partial charge in [0, 0.05) is 0 Å². The van der Waals surface area contributed by atoms with Crippen LogP contribution >= 0.6 is 22.6 Å². The van der Waals surface area contributed by atoms with Gasteiger partial charge in [-0.05, 0) is 5.56 Å². The van der Waals surface area contributed by atoms with Crippen molar-refractivity contribution in [2.24, 2.45) is 0 Å². The quantitative estimate of drug-likeness (QED) is 0.660. The molecule has 0 saturated heterocycles. The summed E-state index contributed by atoms with van der Waals surface area (Å²) in [5, 5.41) is 2.68. The van der Waals surface area contributed by atoms with E-state index in [9.17, 15) is 4.79 Å². The smallest absolute Gasteiger partial charge is 0.230 e. The molecule has 0 atom stereocenters. The van der Waals surface area contributed by atoms with E-state index in [2.05, 4.69) is 5.32 Å². The Bertz CT molecular complexity index is 248. The molecule has 1 N–H and O–H groups in total. The third kappa shape index (κ3) is 3.21. The molecule has 1 amide bonds. The fraction of sp³-hybridized carbons (Fsp3) is 0.111. The Labute approximate surface area is 85.5 Å². The summed E-state index contributed by atoms with van der Waals surface area (Å²) in [7, 11) is 0. The van der Waals surface area contributed by atoms with Crippen molar-refractivity contribution in [1.82, 2.24) is 5.32 Å². The summed E-state index contributed by atoms with van der Waals surface area (Å²) >= 11 is 2.02. The molecule has 12 heavy (non-hydrogen) atoms. The zero-order valence-corrected chi connectivity index (χ0v) is 8.61. The molecule has 3 heteroatoms. The largest absolute Gasteiger partial charge is 0.346 e. The van der Waals surface area contributed by atoms with Crippen LogP contribution in [0.1, 0.15) is 5.56 Å². The van der Waals surface area contributed by atoms with E-state index in [4.69, 9.17) is 0 Å². The minimum atomic E-state index is 0.0273. The first kappa shape index (κ1) is 9.51. The van der Waals surface area contributed by atoms with Crippen LogP contribution in [0.25, 0.3) is 0 Å². The molecule has 2 nitrogen and oxygen atoms in total. The van der Waals surface area contributed by atoms with Gasteiger partial charge in [0.1, 0.15) is 0 Å². The lowest BCUT2D eigenvalue weighted by Gasteiger charge is -2.00. The second-order valence-electron chi connectivity index (χ2n) is 2.26. The first-order chi connectivity index (χ1) is 5.83. The molecule has 0 heterocycles. The van der Waals surface area contributed by atoms with Crippen molar-refractivity contribution < 1.29 is 4.79 Å². The van der Waals surface area contributed by atoms with Crippen LogP contribution in [-0.2, 0) is 4.79 Å². The average Bonchev–Trinajstić information content (AvgIpc) is 2.16. The van der Waals surface area contributed by atoms with Gasteiger partial charge in [0.15, 0.2) is 0 Å². The van der Waals surface area contributed by atoms with Gasteiger partial charge in [-0.3, -0.25) is 4.79 Å². The number of halogens is 1. The van der Waals surface area contributed by atoms with Gasteiger partial charge >= 0.3 is 0 Å². The van der Waals surface area contributed by atoms with Gasteiger partial charge in [-0.25, -0.2) is 0 Å². The summed E-state index contributed by atoms with van der Waals surface area (Å²) in [6.07, 6.45) is 0. The van der Waals surface area contributed by atoms with E-state index >= 15 is 0 Å². The Morgan fingerprint density at radius 1 is 1.42 bits per heavy atom. The molecular formula is C9H9INO. The van der Waals surface area contributed by atoms with Crippen molar-refractivity contribution in [2.75, 3.05) is 4.43 Å². The Morgan fingerprint density at radius 2 is 2.08 bits per heavy atom. The zero-order valence-electron chi connectivity index (χ0n) is 6.46. The molecular weight excluding hydrogens is 265 g/mol. The van der Waals surface area contributed by atoms with Gasteiger partial charge in [0.25, 0.3) is 0 Å². The number of carbonyl (C=O) groups excluding carboxylic acids is 1. The van der Waals surface area contributed by atoms with Crippen LogP contribution in [0.5, 0.6) is 0 Å². The lowest BCUT2D eigenvalue weighted by molar-refractivity contribution is -0.117. The molecule has 0 spiro atoms. The topological polar surface area (TPSA) is 29.1 Å². The maximum Gasteiger partial charge on any atom is 0.230 e. The number of nitrogens with one attached hydrogen (secondary N) is 1. The zero-order chi connectivity index (χ0) is 8.81. The molecule has 1 aromatic carbocycles. The number of rotatable bonds is 3. The van der Waals surface area contributed by atoms with Gasteiger partial charge in [-0.2, -0.15) is 0 Å². The minimum absolute atomic E-state index is 0.0273. The van der Waals surface area contributed by atoms with Crippen molar-refractivity contribution in [3.8, 4) is 0 Å². The Morgan fingerprint density at radius 3 is 2.67 bits per heavy atom. The number of hydrogen-bond acceptors (Lipinski definition) is 1. The number of carbonyl (C=O) groups is 1. The SMILES string of the molecule is O=C(CI)N[CH]c1ccccc1.